The van der Waals surface area contributed by atoms with Gasteiger partial charge in [-0.15, -0.1) is 0 Å². The largest absolute Gasteiger partial charge is 0.380 e. The maximum absolute atomic E-state index is 10.7. The highest BCUT2D eigenvalue weighted by Gasteiger charge is 2.05. The summed E-state index contributed by atoms with van der Waals surface area (Å²) in [6, 6.07) is 6.49. The Morgan fingerprint density at radius 2 is 2.19 bits per heavy atom. The van der Waals surface area contributed by atoms with Crippen molar-refractivity contribution in [3.8, 4) is 0 Å². The van der Waals surface area contributed by atoms with E-state index in [-0.39, 0.29) is 5.69 Å². The summed E-state index contributed by atoms with van der Waals surface area (Å²) in [7, 11) is 0. The summed E-state index contributed by atoms with van der Waals surface area (Å²) in [4.78, 5) is 14.7. The molecule has 116 valence electrons. The van der Waals surface area contributed by atoms with Crippen LogP contribution in [0.1, 0.15) is 19.4 Å². The van der Waals surface area contributed by atoms with Crippen molar-refractivity contribution in [1.29, 1.82) is 0 Å². The molecule has 0 radical (unpaired) electrons. The highest BCUT2D eigenvalue weighted by molar-refractivity contribution is 5.79. The molecule has 0 saturated carbocycles. The lowest BCUT2D eigenvalue weighted by Crippen LogP contribution is -2.39. The van der Waals surface area contributed by atoms with Crippen molar-refractivity contribution in [2.45, 2.75) is 20.4 Å². The van der Waals surface area contributed by atoms with Gasteiger partial charge in [0, 0.05) is 31.8 Å². The molecule has 0 aliphatic carbocycles. The fraction of sp³-hybridized carbons (Fsp3) is 0.500. The Morgan fingerprint density at radius 3 is 2.86 bits per heavy atom. The van der Waals surface area contributed by atoms with Gasteiger partial charge in [-0.05, 0) is 19.4 Å². The molecule has 2 N–H and O–H groups in total. The quantitative estimate of drug-likeness (QED) is 0.250. The second-order valence-corrected chi connectivity index (χ2v) is 4.25. The molecule has 7 heteroatoms. The molecular formula is C14H22N4O3. The van der Waals surface area contributed by atoms with E-state index in [0.29, 0.717) is 32.3 Å². The maximum Gasteiger partial charge on any atom is 0.269 e. The Balaban J connectivity index is 2.60. The number of nitro benzene ring substituents is 1. The second-order valence-electron chi connectivity index (χ2n) is 4.25. The van der Waals surface area contributed by atoms with Crippen molar-refractivity contribution in [2.75, 3.05) is 26.3 Å². The Labute approximate surface area is 124 Å². The zero-order valence-electron chi connectivity index (χ0n) is 12.5. The summed E-state index contributed by atoms with van der Waals surface area (Å²) < 4.78 is 5.25. The van der Waals surface area contributed by atoms with Crippen LogP contribution in [-0.4, -0.2) is 37.2 Å². The minimum absolute atomic E-state index is 0.0806. The molecule has 7 nitrogen and oxygen atoms in total. The number of aliphatic imine (C=N–C) groups is 1. The molecule has 0 amide bonds. The van der Waals surface area contributed by atoms with Gasteiger partial charge in [0.05, 0.1) is 18.1 Å². The van der Waals surface area contributed by atoms with Crippen molar-refractivity contribution < 1.29 is 9.66 Å². The lowest BCUT2D eigenvalue weighted by atomic mass is 10.2. The van der Waals surface area contributed by atoms with Crippen molar-refractivity contribution in [3.05, 3.63) is 39.9 Å². The highest BCUT2D eigenvalue weighted by Crippen LogP contribution is 2.13. The molecule has 1 aromatic carbocycles. The smallest absolute Gasteiger partial charge is 0.269 e. The molecule has 0 aliphatic rings. The topological polar surface area (TPSA) is 88.8 Å². The molecule has 0 aliphatic heterocycles. The van der Waals surface area contributed by atoms with Gasteiger partial charge >= 0.3 is 0 Å². The van der Waals surface area contributed by atoms with Crippen LogP contribution in [0.25, 0.3) is 0 Å². The molecule has 0 spiro atoms. The van der Waals surface area contributed by atoms with Crippen LogP contribution < -0.4 is 10.6 Å². The van der Waals surface area contributed by atoms with E-state index in [1.807, 2.05) is 19.9 Å². The van der Waals surface area contributed by atoms with Crippen molar-refractivity contribution in [1.82, 2.24) is 10.6 Å². The standard InChI is InChI=1S/C14H22N4O3/c1-3-15-14(16-8-9-21-4-2)17-11-12-6-5-7-13(10-12)18(19)20/h5-7,10H,3-4,8-9,11H2,1-2H3,(H2,15,16,17). The van der Waals surface area contributed by atoms with E-state index >= 15 is 0 Å². The van der Waals surface area contributed by atoms with Crippen LogP contribution in [-0.2, 0) is 11.3 Å². The van der Waals surface area contributed by atoms with Crippen LogP contribution in [0.2, 0.25) is 0 Å². The lowest BCUT2D eigenvalue weighted by Gasteiger charge is -2.11. The van der Waals surface area contributed by atoms with Gasteiger partial charge in [0.15, 0.2) is 5.96 Å². The third-order valence-electron chi connectivity index (χ3n) is 2.63. The number of non-ortho nitro benzene ring substituents is 1. The van der Waals surface area contributed by atoms with Crippen LogP contribution in [0.3, 0.4) is 0 Å². The SMILES string of the molecule is CCNC(=NCc1cccc([N+](=O)[O-])c1)NCCOCC. The highest BCUT2D eigenvalue weighted by atomic mass is 16.6. The maximum atomic E-state index is 10.7. The minimum atomic E-state index is -0.404. The first-order valence-electron chi connectivity index (χ1n) is 7.00. The Kier molecular flexibility index (Phi) is 7.81. The number of nitro groups is 1. The zero-order valence-corrected chi connectivity index (χ0v) is 12.5. The first-order chi connectivity index (χ1) is 10.2. The minimum Gasteiger partial charge on any atom is -0.380 e. The number of guanidine groups is 1. The first-order valence-corrected chi connectivity index (χ1v) is 7.00. The molecular weight excluding hydrogens is 272 g/mol. The molecule has 21 heavy (non-hydrogen) atoms. The predicted molar refractivity (Wildman–Crippen MR) is 82.4 cm³/mol. The molecule has 0 saturated heterocycles. The van der Waals surface area contributed by atoms with E-state index in [1.54, 1.807) is 6.07 Å². The number of nitrogens with one attached hydrogen (secondary N) is 2. The molecule has 0 unspecified atom stereocenters. The van der Waals surface area contributed by atoms with Crippen LogP contribution in [0.15, 0.2) is 29.3 Å². The summed E-state index contributed by atoms with van der Waals surface area (Å²) in [6.07, 6.45) is 0. The number of rotatable bonds is 8. The summed E-state index contributed by atoms with van der Waals surface area (Å²) in [5.41, 5.74) is 0.878. The monoisotopic (exact) mass is 294 g/mol. The molecule has 0 heterocycles. The number of hydrogen-bond donors (Lipinski definition) is 2. The summed E-state index contributed by atoms with van der Waals surface area (Å²) in [5, 5.41) is 17.0. The molecule has 0 aromatic heterocycles. The van der Waals surface area contributed by atoms with Gasteiger partial charge in [0.2, 0.25) is 0 Å². The Hall–Kier alpha value is -2.15. The van der Waals surface area contributed by atoms with Crippen LogP contribution in [0.5, 0.6) is 0 Å². The van der Waals surface area contributed by atoms with Crippen molar-refractivity contribution in [2.24, 2.45) is 4.99 Å². The normalized spacial score (nSPS) is 11.2. The third kappa shape index (κ3) is 6.71. The van der Waals surface area contributed by atoms with E-state index in [4.69, 9.17) is 4.74 Å². The van der Waals surface area contributed by atoms with E-state index in [9.17, 15) is 10.1 Å². The number of nitrogens with zero attached hydrogens (tertiary/aromatic N) is 2. The molecule has 0 atom stereocenters. The van der Waals surface area contributed by atoms with Gasteiger partial charge in [-0.25, -0.2) is 4.99 Å². The van der Waals surface area contributed by atoms with Gasteiger partial charge < -0.3 is 15.4 Å². The van der Waals surface area contributed by atoms with Crippen molar-refractivity contribution in [3.63, 3.8) is 0 Å². The first kappa shape index (κ1) is 16.9. The van der Waals surface area contributed by atoms with Crippen LogP contribution >= 0.6 is 0 Å². The fourth-order valence-electron chi connectivity index (χ4n) is 1.67. The van der Waals surface area contributed by atoms with Crippen molar-refractivity contribution >= 4 is 11.6 Å². The van der Waals surface area contributed by atoms with Gasteiger partial charge in [-0.1, -0.05) is 12.1 Å². The average molecular weight is 294 g/mol. The van der Waals surface area contributed by atoms with E-state index in [1.165, 1.54) is 12.1 Å². The third-order valence-corrected chi connectivity index (χ3v) is 2.63. The zero-order chi connectivity index (χ0) is 15.5. The molecule has 0 fully saturated rings. The van der Waals surface area contributed by atoms with E-state index < -0.39 is 4.92 Å². The molecule has 0 bridgehead atoms. The van der Waals surface area contributed by atoms with Crippen LogP contribution in [0.4, 0.5) is 5.69 Å². The van der Waals surface area contributed by atoms with E-state index in [0.717, 1.165) is 12.1 Å². The number of hydrogen-bond acceptors (Lipinski definition) is 4. The predicted octanol–water partition coefficient (Wildman–Crippen LogP) is 1.69. The van der Waals surface area contributed by atoms with Gasteiger partial charge in [-0.2, -0.15) is 0 Å². The van der Waals surface area contributed by atoms with Gasteiger partial charge in [-0.3, -0.25) is 10.1 Å². The summed E-state index contributed by atoms with van der Waals surface area (Å²) >= 11 is 0. The molecule has 1 aromatic rings. The number of benzene rings is 1. The Morgan fingerprint density at radius 1 is 1.38 bits per heavy atom. The van der Waals surface area contributed by atoms with Gasteiger partial charge in [0.1, 0.15) is 0 Å². The van der Waals surface area contributed by atoms with E-state index in [2.05, 4.69) is 15.6 Å². The lowest BCUT2D eigenvalue weighted by molar-refractivity contribution is -0.384. The van der Waals surface area contributed by atoms with Gasteiger partial charge in [0.25, 0.3) is 5.69 Å². The number of ether oxygens (including phenoxy) is 1. The Bertz CT molecular complexity index is 477. The fourth-order valence-corrected chi connectivity index (χ4v) is 1.67. The molecule has 1 rings (SSSR count). The summed E-state index contributed by atoms with van der Waals surface area (Å²) in [6.45, 7) is 7.01. The summed E-state index contributed by atoms with van der Waals surface area (Å²) in [5.74, 6) is 0.670. The average Bonchev–Trinajstić information content (AvgIpc) is 2.49. The second kappa shape index (κ2) is 9.71. The van der Waals surface area contributed by atoms with Crippen LogP contribution in [0, 0.1) is 10.1 Å².